The minimum atomic E-state index is -0.0102. The number of rotatable bonds is 9. The van der Waals surface area contributed by atoms with Crippen LogP contribution in [0.1, 0.15) is 32.9 Å². The Bertz CT molecular complexity index is 449. The summed E-state index contributed by atoms with van der Waals surface area (Å²) in [5.41, 5.74) is 1.72. The van der Waals surface area contributed by atoms with Gasteiger partial charge in [0.25, 0.3) is 0 Å². The zero-order valence-electron chi connectivity index (χ0n) is 13.8. The second-order valence-corrected chi connectivity index (χ2v) is 5.08. The van der Waals surface area contributed by atoms with E-state index in [9.17, 15) is 0 Å². The summed E-state index contributed by atoms with van der Waals surface area (Å²) < 4.78 is 11.2. The zero-order chi connectivity index (χ0) is 15.7. The minimum absolute atomic E-state index is 0.0102. The molecule has 1 unspecified atom stereocenters. The number of aliphatic imine (C=N–C) groups is 1. The highest BCUT2D eigenvalue weighted by molar-refractivity contribution is 5.62. The van der Waals surface area contributed by atoms with Crippen molar-refractivity contribution in [2.75, 3.05) is 26.8 Å². The average Bonchev–Trinajstić information content (AvgIpc) is 2.46. The van der Waals surface area contributed by atoms with Crippen molar-refractivity contribution in [2.45, 2.75) is 40.2 Å². The molecule has 1 aromatic heterocycles. The summed E-state index contributed by atoms with van der Waals surface area (Å²) in [6, 6.07) is 3.78. The van der Waals surface area contributed by atoms with E-state index in [0.717, 1.165) is 31.0 Å². The lowest BCUT2D eigenvalue weighted by Crippen LogP contribution is -2.20. The van der Waals surface area contributed by atoms with Crippen LogP contribution in [0, 0.1) is 6.92 Å². The van der Waals surface area contributed by atoms with Gasteiger partial charge in [-0.2, -0.15) is 0 Å². The van der Waals surface area contributed by atoms with Crippen molar-refractivity contribution < 1.29 is 9.47 Å². The van der Waals surface area contributed by atoms with Crippen molar-refractivity contribution in [3.63, 3.8) is 0 Å². The molecule has 1 aromatic rings. The van der Waals surface area contributed by atoms with Crippen LogP contribution in [0.2, 0.25) is 0 Å². The number of hydrogen-bond acceptors (Lipinski definition) is 4. The van der Waals surface area contributed by atoms with Crippen LogP contribution in [0.15, 0.2) is 17.1 Å². The van der Waals surface area contributed by atoms with Crippen LogP contribution >= 0.6 is 0 Å². The van der Waals surface area contributed by atoms with E-state index in [4.69, 9.17) is 9.47 Å². The molecule has 0 radical (unpaired) electrons. The lowest BCUT2D eigenvalue weighted by Gasteiger charge is -2.14. The maximum absolute atomic E-state index is 5.75. The van der Waals surface area contributed by atoms with Gasteiger partial charge in [-0.1, -0.05) is 6.92 Å². The average molecular weight is 293 g/mol. The van der Waals surface area contributed by atoms with Gasteiger partial charge in [-0.15, -0.1) is 0 Å². The molecule has 0 aliphatic heterocycles. The first-order valence-electron chi connectivity index (χ1n) is 7.53. The molecule has 1 rings (SSSR count). The van der Waals surface area contributed by atoms with E-state index in [1.54, 1.807) is 0 Å². The van der Waals surface area contributed by atoms with Gasteiger partial charge in [0.1, 0.15) is 6.10 Å². The molecule has 0 fully saturated rings. The first kappa shape index (κ1) is 17.4. The Morgan fingerprint density at radius 3 is 2.76 bits per heavy atom. The molecule has 0 aliphatic rings. The Hall–Kier alpha value is -1.62. The number of nitrogens with zero attached hydrogens (tertiary/aromatic N) is 3. The van der Waals surface area contributed by atoms with Crippen molar-refractivity contribution in [2.24, 2.45) is 4.99 Å². The third-order valence-electron chi connectivity index (χ3n) is 2.95. The fraction of sp³-hybridized carbons (Fsp3) is 0.625. The summed E-state index contributed by atoms with van der Waals surface area (Å²) in [6.45, 7) is 10.3. The normalized spacial score (nSPS) is 12.6. The van der Waals surface area contributed by atoms with Crippen LogP contribution < -0.4 is 4.74 Å². The van der Waals surface area contributed by atoms with Crippen molar-refractivity contribution in [3.05, 3.63) is 17.8 Å². The molecule has 5 nitrogen and oxygen atoms in total. The Balaban J connectivity index is 2.59. The fourth-order valence-corrected chi connectivity index (χ4v) is 1.61. The number of hydrogen-bond donors (Lipinski definition) is 0. The van der Waals surface area contributed by atoms with E-state index >= 15 is 0 Å². The topological polar surface area (TPSA) is 47.0 Å². The van der Waals surface area contributed by atoms with E-state index in [-0.39, 0.29) is 6.10 Å². The highest BCUT2D eigenvalue weighted by Gasteiger charge is 2.07. The van der Waals surface area contributed by atoms with E-state index in [2.05, 4.69) is 23.8 Å². The summed E-state index contributed by atoms with van der Waals surface area (Å²) in [4.78, 5) is 10.9. The number of ether oxygens (including phenoxy) is 2. The molecule has 118 valence electrons. The molecule has 0 aromatic carbocycles. The van der Waals surface area contributed by atoms with Gasteiger partial charge < -0.3 is 14.4 Å². The standard InChI is InChI=1S/C16H27N3O2/c1-6-10-20-11-13(3)21-16-9-8-15(14(4)18-16)17-12-19(5)7-2/h8-9,12-13H,6-7,10-11H2,1-5H3. The van der Waals surface area contributed by atoms with Gasteiger partial charge in [-0.05, 0) is 33.3 Å². The van der Waals surface area contributed by atoms with Gasteiger partial charge in [0.15, 0.2) is 0 Å². The van der Waals surface area contributed by atoms with Crippen molar-refractivity contribution >= 4 is 12.0 Å². The van der Waals surface area contributed by atoms with Gasteiger partial charge in [0.2, 0.25) is 5.88 Å². The zero-order valence-corrected chi connectivity index (χ0v) is 13.8. The molecular weight excluding hydrogens is 266 g/mol. The van der Waals surface area contributed by atoms with Crippen LogP contribution in [0.5, 0.6) is 5.88 Å². The predicted octanol–water partition coefficient (Wildman–Crippen LogP) is 3.20. The molecule has 5 heteroatoms. The lowest BCUT2D eigenvalue weighted by molar-refractivity contribution is 0.0567. The number of pyridine rings is 1. The third-order valence-corrected chi connectivity index (χ3v) is 2.95. The molecule has 0 saturated heterocycles. The molecule has 0 N–H and O–H groups in total. The summed E-state index contributed by atoms with van der Waals surface area (Å²) in [5.74, 6) is 0.614. The van der Waals surface area contributed by atoms with Gasteiger partial charge in [0, 0.05) is 26.3 Å². The molecule has 21 heavy (non-hydrogen) atoms. The van der Waals surface area contributed by atoms with Gasteiger partial charge in [0.05, 0.1) is 24.3 Å². The summed E-state index contributed by atoms with van der Waals surface area (Å²) >= 11 is 0. The van der Waals surface area contributed by atoms with E-state index in [0.29, 0.717) is 12.5 Å². The molecule has 0 spiro atoms. The Labute approximate surface area is 128 Å². The molecule has 0 aliphatic carbocycles. The van der Waals surface area contributed by atoms with Crippen LogP contribution in [0.4, 0.5) is 5.69 Å². The molecule has 0 saturated carbocycles. The highest BCUT2D eigenvalue weighted by atomic mass is 16.5. The summed E-state index contributed by atoms with van der Waals surface area (Å²) in [5, 5.41) is 0. The van der Waals surface area contributed by atoms with Crippen molar-refractivity contribution in [1.29, 1.82) is 0 Å². The first-order chi connectivity index (χ1) is 10.1. The highest BCUT2D eigenvalue weighted by Crippen LogP contribution is 2.20. The van der Waals surface area contributed by atoms with E-state index < -0.39 is 0 Å². The van der Waals surface area contributed by atoms with Crippen LogP contribution in [-0.4, -0.2) is 49.1 Å². The fourth-order valence-electron chi connectivity index (χ4n) is 1.61. The molecule has 1 heterocycles. The maximum atomic E-state index is 5.75. The van der Waals surface area contributed by atoms with Crippen LogP contribution in [0.25, 0.3) is 0 Å². The first-order valence-corrected chi connectivity index (χ1v) is 7.53. The summed E-state index contributed by atoms with van der Waals surface area (Å²) in [7, 11) is 1.99. The molecule has 0 bridgehead atoms. The SMILES string of the molecule is CCCOCC(C)Oc1ccc(N=CN(C)CC)c(C)n1. The Morgan fingerprint density at radius 1 is 1.38 bits per heavy atom. The molecule has 0 amide bonds. The van der Waals surface area contributed by atoms with Crippen LogP contribution in [0.3, 0.4) is 0 Å². The largest absolute Gasteiger partial charge is 0.472 e. The second-order valence-electron chi connectivity index (χ2n) is 5.08. The van der Waals surface area contributed by atoms with E-state index in [1.807, 2.05) is 44.3 Å². The molecular formula is C16H27N3O2. The van der Waals surface area contributed by atoms with Gasteiger partial charge in [-0.3, -0.25) is 0 Å². The maximum Gasteiger partial charge on any atom is 0.213 e. The quantitative estimate of drug-likeness (QED) is 0.398. The second kappa shape index (κ2) is 9.34. The smallest absolute Gasteiger partial charge is 0.213 e. The van der Waals surface area contributed by atoms with Crippen LogP contribution in [-0.2, 0) is 4.74 Å². The van der Waals surface area contributed by atoms with E-state index in [1.165, 1.54) is 0 Å². The summed E-state index contributed by atoms with van der Waals surface area (Å²) in [6.07, 6.45) is 2.82. The number of aromatic nitrogens is 1. The van der Waals surface area contributed by atoms with Gasteiger partial charge >= 0.3 is 0 Å². The number of aryl methyl sites for hydroxylation is 1. The monoisotopic (exact) mass is 293 g/mol. The van der Waals surface area contributed by atoms with Gasteiger partial charge in [-0.25, -0.2) is 9.98 Å². The predicted molar refractivity (Wildman–Crippen MR) is 86.6 cm³/mol. The Morgan fingerprint density at radius 2 is 2.14 bits per heavy atom. The van der Waals surface area contributed by atoms with Crippen molar-refractivity contribution in [1.82, 2.24) is 9.88 Å². The lowest BCUT2D eigenvalue weighted by atomic mass is 10.3. The minimum Gasteiger partial charge on any atom is -0.472 e. The van der Waals surface area contributed by atoms with Crippen molar-refractivity contribution in [3.8, 4) is 5.88 Å². The molecule has 1 atom stereocenters. The Kier molecular flexibility index (Phi) is 7.75. The third kappa shape index (κ3) is 6.58.